The van der Waals surface area contributed by atoms with Crippen molar-refractivity contribution in [3.8, 4) is 0 Å². The molecule has 3 rings (SSSR count). The van der Waals surface area contributed by atoms with Crippen LogP contribution in [0.3, 0.4) is 0 Å². The lowest BCUT2D eigenvalue weighted by Crippen LogP contribution is -2.42. The number of carbonyl (C=O) groups excluding carboxylic acids is 1. The van der Waals surface area contributed by atoms with Crippen molar-refractivity contribution in [1.29, 1.82) is 0 Å². The molecule has 24 heavy (non-hydrogen) atoms. The SMILES string of the molecule is Cc1nc([C@H]2CN(CC(=O)Nc3cc(C(C)C)no3)CCO2)n[nH]1. The van der Waals surface area contributed by atoms with Gasteiger partial charge in [-0.3, -0.25) is 20.1 Å². The van der Waals surface area contributed by atoms with E-state index in [9.17, 15) is 4.79 Å². The van der Waals surface area contributed by atoms with Crippen molar-refractivity contribution >= 4 is 11.8 Å². The summed E-state index contributed by atoms with van der Waals surface area (Å²) in [6.07, 6.45) is -0.227. The molecule has 2 N–H and O–H groups in total. The normalized spacial score (nSPS) is 18.9. The average Bonchev–Trinajstić information content (AvgIpc) is 3.16. The summed E-state index contributed by atoms with van der Waals surface area (Å²) in [4.78, 5) is 18.5. The third-order valence-electron chi connectivity index (χ3n) is 3.80. The summed E-state index contributed by atoms with van der Waals surface area (Å²) in [5.74, 6) is 1.85. The maximum atomic E-state index is 12.2. The van der Waals surface area contributed by atoms with E-state index in [1.165, 1.54) is 0 Å². The molecule has 0 aromatic carbocycles. The van der Waals surface area contributed by atoms with Crippen LogP contribution >= 0.6 is 0 Å². The number of anilines is 1. The zero-order valence-corrected chi connectivity index (χ0v) is 14.1. The molecule has 9 nitrogen and oxygen atoms in total. The third-order valence-corrected chi connectivity index (χ3v) is 3.80. The van der Waals surface area contributed by atoms with Gasteiger partial charge in [-0.05, 0) is 12.8 Å². The van der Waals surface area contributed by atoms with Crippen molar-refractivity contribution in [3.63, 3.8) is 0 Å². The summed E-state index contributed by atoms with van der Waals surface area (Å²) in [5.41, 5.74) is 0.816. The van der Waals surface area contributed by atoms with E-state index >= 15 is 0 Å². The van der Waals surface area contributed by atoms with Crippen LogP contribution in [-0.2, 0) is 9.53 Å². The summed E-state index contributed by atoms with van der Waals surface area (Å²) in [7, 11) is 0. The summed E-state index contributed by atoms with van der Waals surface area (Å²) in [6.45, 7) is 7.91. The van der Waals surface area contributed by atoms with E-state index in [0.29, 0.717) is 31.4 Å². The standard InChI is InChI=1S/C15H22N6O3/c1-9(2)11-6-14(24-20-11)17-13(22)8-21-4-5-23-12(7-21)15-16-10(3)18-19-15/h6,9,12H,4-5,7-8H2,1-3H3,(H,17,22)(H,16,18,19)/t12-/m1/s1. The number of ether oxygens (including phenoxy) is 1. The number of aromatic nitrogens is 4. The highest BCUT2D eigenvalue weighted by Crippen LogP contribution is 2.20. The monoisotopic (exact) mass is 334 g/mol. The molecule has 9 heteroatoms. The summed E-state index contributed by atoms with van der Waals surface area (Å²) < 4.78 is 10.8. The summed E-state index contributed by atoms with van der Waals surface area (Å²) >= 11 is 0. The second-order valence-corrected chi connectivity index (χ2v) is 6.19. The Kier molecular flexibility index (Phi) is 4.91. The molecule has 2 aromatic heterocycles. The Labute approximate surface area is 139 Å². The minimum atomic E-state index is -0.227. The Balaban J connectivity index is 1.53. The highest BCUT2D eigenvalue weighted by Gasteiger charge is 2.26. The molecule has 1 atom stereocenters. The molecule has 1 amide bonds. The predicted molar refractivity (Wildman–Crippen MR) is 85.5 cm³/mol. The fourth-order valence-corrected chi connectivity index (χ4v) is 2.51. The number of aryl methyl sites for hydroxylation is 1. The van der Waals surface area contributed by atoms with Crippen molar-refractivity contribution in [2.24, 2.45) is 0 Å². The van der Waals surface area contributed by atoms with E-state index in [2.05, 4.69) is 25.7 Å². The number of H-pyrrole nitrogens is 1. The zero-order valence-electron chi connectivity index (χ0n) is 14.1. The molecule has 0 unspecified atom stereocenters. The van der Waals surface area contributed by atoms with Crippen LogP contribution in [0.2, 0.25) is 0 Å². The highest BCUT2D eigenvalue weighted by molar-refractivity contribution is 5.91. The van der Waals surface area contributed by atoms with Gasteiger partial charge in [0.05, 0.1) is 18.8 Å². The van der Waals surface area contributed by atoms with E-state index in [4.69, 9.17) is 9.26 Å². The van der Waals surface area contributed by atoms with Crippen LogP contribution in [0, 0.1) is 6.92 Å². The van der Waals surface area contributed by atoms with E-state index in [1.807, 2.05) is 25.7 Å². The maximum Gasteiger partial charge on any atom is 0.240 e. The predicted octanol–water partition coefficient (Wildman–Crippen LogP) is 1.24. The van der Waals surface area contributed by atoms with Gasteiger partial charge in [0.1, 0.15) is 11.9 Å². The van der Waals surface area contributed by atoms with Crippen molar-refractivity contribution in [2.75, 3.05) is 31.6 Å². The number of aromatic amines is 1. The number of morpholine rings is 1. The smallest absolute Gasteiger partial charge is 0.240 e. The van der Waals surface area contributed by atoms with E-state index < -0.39 is 0 Å². The number of rotatable bonds is 5. The Bertz CT molecular complexity index is 695. The van der Waals surface area contributed by atoms with Gasteiger partial charge in [-0.1, -0.05) is 19.0 Å². The second kappa shape index (κ2) is 7.10. The highest BCUT2D eigenvalue weighted by atomic mass is 16.5. The van der Waals surface area contributed by atoms with Gasteiger partial charge < -0.3 is 9.26 Å². The van der Waals surface area contributed by atoms with Gasteiger partial charge in [0.15, 0.2) is 5.82 Å². The number of hydrogen-bond acceptors (Lipinski definition) is 7. The Morgan fingerprint density at radius 3 is 3.04 bits per heavy atom. The first-order chi connectivity index (χ1) is 11.5. The molecule has 1 fully saturated rings. The molecule has 0 aliphatic carbocycles. The Morgan fingerprint density at radius 1 is 1.54 bits per heavy atom. The van der Waals surface area contributed by atoms with Gasteiger partial charge in [0.2, 0.25) is 11.8 Å². The Morgan fingerprint density at radius 2 is 2.38 bits per heavy atom. The van der Waals surface area contributed by atoms with Gasteiger partial charge in [-0.15, -0.1) is 0 Å². The molecule has 0 spiro atoms. The maximum absolute atomic E-state index is 12.2. The van der Waals surface area contributed by atoms with Gasteiger partial charge in [-0.2, -0.15) is 5.10 Å². The molecule has 0 bridgehead atoms. The average molecular weight is 334 g/mol. The number of nitrogens with one attached hydrogen (secondary N) is 2. The molecule has 0 radical (unpaired) electrons. The molecular formula is C15H22N6O3. The first kappa shape index (κ1) is 16.6. The van der Waals surface area contributed by atoms with E-state index in [0.717, 1.165) is 11.5 Å². The number of hydrogen-bond donors (Lipinski definition) is 2. The van der Waals surface area contributed by atoms with Crippen LogP contribution < -0.4 is 5.32 Å². The Hall–Kier alpha value is -2.26. The van der Waals surface area contributed by atoms with Crippen molar-refractivity contribution in [1.82, 2.24) is 25.2 Å². The minimum absolute atomic E-state index is 0.145. The fourth-order valence-electron chi connectivity index (χ4n) is 2.51. The van der Waals surface area contributed by atoms with Crippen molar-refractivity contribution in [3.05, 3.63) is 23.4 Å². The van der Waals surface area contributed by atoms with Gasteiger partial charge in [0.25, 0.3) is 0 Å². The first-order valence-electron chi connectivity index (χ1n) is 8.00. The molecule has 3 heterocycles. The topological polar surface area (TPSA) is 109 Å². The number of nitrogens with zero attached hydrogens (tertiary/aromatic N) is 4. The quantitative estimate of drug-likeness (QED) is 0.846. The van der Waals surface area contributed by atoms with Crippen molar-refractivity contribution in [2.45, 2.75) is 32.8 Å². The lowest BCUT2D eigenvalue weighted by atomic mass is 10.1. The summed E-state index contributed by atoms with van der Waals surface area (Å²) in [5, 5.41) is 13.6. The van der Waals surface area contributed by atoms with Gasteiger partial charge >= 0.3 is 0 Å². The molecule has 130 valence electrons. The molecule has 1 aliphatic heterocycles. The molecule has 1 saturated heterocycles. The molecular weight excluding hydrogens is 312 g/mol. The minimum Gasteiger partial charge on any atom is -0.367 e. The van der Waals surface area contributed by atoms with Gasteiger partial charge in [-0.25, -0.2) is 4.98 Å². The van der Waals surface area contributed by atoms with Crippen LogP contribution in [0.4, 0.5) is 5.88 Å². The van der Waals surface area contributed by atoms with Crippen LogP contribution in [0.1, 0.15) is 43.2 Å². The largest absolute Gasteiger partial charge is 0.367 e. The third kappa shape index (κ3) is 3.98. The zero-order chi connectivity index (χ0) is 17.1. The lowest BCUT2D eigenvalue weighted by molar-refractivity contribution is -0.119. The van der Waals surface area contributed by atoms with E-state index in [1.54, 1.807) is 6.07 Å². The van der Waals surface area contributed by atoms with Crippen LogP contribution in [0.25, 0.3) is 0 Å². The number of amides is 1. The lowest BCUT2D eigenvalue weighted by Gasteiger charge is -2.30. The molecule has 1 aliphatic rings. The second-order valence-electron chi connectivity index (χ2n) is 6.19. The van der Waals surface area contributed by atoms with Crippen LogP contribution in [-0.4, -0.2) is 57.4 Å². The van der Waals surface area contributed by atoms with Crippen molar-refractivity contribution < 1.29 is 14.1 Å². The fraction of sp³-hybridized carbons (Fsp3) is 0.600. The van der Waals surface area contributed by atoms with E-state index in [-0.39, 0.29) is 24.5 Å². The van der Waals surface area contributed by atoms with Gasteiger partial charge in [0, 0.05) is 19.2 Å². The summed E-state index contributed by atoms with van der Waals surface area (Å²) in [6, 6.07) is 1.75. The molecule has 2 aromatic rings. The van der Waals surface area contributed by atoms with Crippen LogP contribution in [0.15, 0.2) is 10.6 Å². The molecule has 0 saturated carbocycles. The first-order valence-corrected chi connectivity index (χ1v) is 8.00. The van der Waals surface area contributed by atoms with Crippen LogP contribution in [0.5, 0.6) is 0 Å². The number of carbonyl (C=O) groups is 1.